The van der Waals surface area contributed by atoms with Gasteiger partial charge in [0.1, 0.15) is 0 Å². The van der Waals surface area contributed by atoms with E-state index in [1.165, 1.54) is 11.8 Å². The van der Waals surface area contributed by atoms with Gasteiger partial charge in [0.2, 0.25) is 0 Å². The van der Waals surface area contributed by atoms with Gasteiger partial charge >= 0.3 is 5.97 Å². The third-order valence-corrected chi connectivity index (χ3v) is 4.41. The number of halogens is 1. The summed E-state index contributed by atoms with van der Waals surface area (Å²) in [5, 5.41) is 19.3. The highest BCUT2D eigenvalue weighted by molar-refractivity contribution is 6.30. The van der Waals surface area contributed by atoms with Crippen LogP contribution in [0.25, 0.3) is 0 Å². The molecule has 0 fully saturated rings. The van der Waals surface area contributed by atoms with Crippen molar-refractivity contribution in [2.24, 2.45) is 0 Å². The van der Waals surface area contributed by atoms with Gasteiger partial charge in [-0.25, -0.2) is 0 Å². The molecule has 134 valence electrons. The molecule has 1 heterocycles. The van der Waals surface area contributed by atoms with Gasteiger partial charge in [-0.05, 0) is 37.5 Å². The first kappa shape index (κ1) is 19.0. The fraction of sp³-hybridized carbons (Fsp3) is 0.389. The molecule has 0 unspecified atom stereocenters. The molecule has 1 atom stereocenters. The lowest BCUT2D eigenvalue weighted by Crippen LogP contribution is -2.32. The van der Waals surface area contributed by atoms with Crippen molar-refractivity contribution in [3.05, 3.63) is 46.2 Å². The van der Waals surface area contributed by atoms with E-state index < -0.39 is 23.7 Å². The smallest absolute Gasteiger partial charge is 0.303 e. The van der Waals surface area contributed by atoms with E-state index in [0.717, 1.165) is 0 Å². The number of carboxylic acids is 1. The van der Waals surface area contributed by atoms with E-state index in [4.69, 9.17) is 16.7 Å². The molecule has 1 amide bonds. The van der Waals surface area contributed by atoms with Crippen LogP contribution in [0.1, 0.15) is 44.2 Å². The summed E-state index contributed by atoms with van der Waals surface area (Å²) in [5.74, 6) is -2.31. The molecule has 0 saturated heterocycles. The summed E-state index contributed by atoms with van der Waals surface area (Å²) in [6, 6.07) is 6.12. The number of amides is 1. The van der Waals surface area contributed by atoms with Crippen LogP contribution in [0.2, 0.25) is 5.02 Å². The largest absolute Gasteiger partial charge is 0.503 e. The van der Waals surface area contributed by atoms with Crippen LogP contribution < -0.4 is 0 Å². The maximum atomic E-state index is 12.4. The SMILES string of the molecule is CC(=O)C1=C(O)C(=O)N(CCCCCC(=O)O)[C@@H]1c1ccc(Cl)cc1. The Morgan fingerprint density at radius 2 is 1.80 bits per heavy atom. The van der Waals surface area contributed by atoms with Gasteiger partial charge in [-0.1, -0.05) is 30.2 Å². The molecule has 1 aliphatic heterocycles. The number of carbonyl (C=O) groups excluding carboxylic acids is 2. The normalized spacial score (nSPS) is 17.3. The monoisotopic (exact) mass is 365 g/mol. The van der Waals surface area contributed by atoms with Gasteiger partial charge in [-0.3, -0.25) is 14.4 Å². The van der Waals surface area contributed by atoms with Gasteiger partial charge < -0.3 is 15.1 Å². The second kappa shape index (κ2) is 8.16. The van der Waals surface area contributed by atoms with E-state index in [0.29, 0.717) is 36.4 Å². The van der Waals surface area contributed by atoms with Gasteiger partial charge in [0.25, 0.3) is 5.91 Å². The van der Waals surface area contributed by atoms with Crippen molar-refractivity contribution < 1.29 is 24.6 Å². The second-order valence-corrected chi connectivity index (χ2v) is 6.41. The Bertz CT molecular complexity index is 711. The van der Waals surface area contributed by atoms with E-state index in [9.17, 15) is 19.5 Å². The average molecular weight is 366 g/mol. The summed E-state index contributed by atoms with van der Waals surface area (Å²) in [4.78, 5) is 36.3. The van der Waals surface area contributed by atoms with Gasteiger partial charge in [-0.15, -0.1) is 0 Å². The van der Waals surface area contributed by atoms with Crippen LogP contribution >= 0.6 is 11.6 Å². The summed E-state index contributed by atoms with van der Waals surface area (Å²) in [6.07, 6.45) is 1.82. The zero-order valence-corrected chi connectivity index (χ0v) is 14.6. The van der Waals surface area contributed by atoms with Gasteiger partial charge in [0, 0.05) is 18.0 Å². The van der Waals surface area contributed by atoms with E-state index in [1.807, 2.05) is 0 Å². The number of ketones is 1. The zero-order valence-electron chi connectivity index (χ0n) is 13.9. The predicted octanol–water partition coefficient (Wildman–Crippen LogP) is 3.27. The van der Waals surface area contributed by atoms with E-state index >= 15 is 0 Å². The summed E-state index contributed by atoms with van der Waals surface area (Å²) in [6.45, 7) is 1.64. The number of nitrogens with zero attached hydrogens (tertiary/aromatic N) is 1. The third kappa shape index (κ3) is 4.39. The van der Waals surface area contributed by atoms with Crippen LogP contribution in [0.5, 0.6) is 0 Å². The number of aliphatic hydroxyl groups excluding tert-OH is 1. The highest BCUT2D eigenvalue weighted by Crippen LogP contribution is 2.38. The molecule has 0 aromatic heterocycles. The molecule has 0 saturated carbocycles. The number of hydrogen-bond donors (Lipinski definition) is 2. The van der Waals surface area contributed by atoms with Crippen molar-refractivity contribution in [2.75, 3.05) is 6.54 Å². The van der Waals surface area contributed by atoms with E-state index in [1.54, 1.807) is 24.3 Å². The molecular formula is C18H20ClNO5. The molecule has 6 nitrogen and oxygen atoms in total. The highest BCUT2D eigenvalue weighted by Gasteiger charge is 2.41. The lowest BCUT2D eigenvalue weighted by molar-refractivity contribution is -0.137. The summed E-state index contributed by atoms with van der Waals surface area (Å²) >= 11 is 5.90. The number of aliphatic hydroxyl groups is 1. The van der Waals surface area contributed by atoms with Crippen molar-refractivity contribution in [1.29, 1.82) is 0 Å². The van der Waals surface area contributed by atoms with Crippen molar-refractivity contribution in [2.45, 2.75) is 38.6 Å². The van der Waals surface area contributed by atoms with E-state index in [-0.39, 0.29) is 17.8 Å². The van der Waals surface area contributed by atoms with Crippen molar-refractivity contribution in [1.82, 2.24) is 4.90 Å². The van der Waals surface area contributed by atoms with Crippen LogP contribution in [0.3, 0.4) is 0 Å². The number of aliphatic carboxylic acids is 1. The zero-order chi connectivity index (χ0) is 18.6. The number of carbonyl (C=O) groups is 3. The highest BCUT2D eigenvalue weighted by atomic mass is 35.5. The number of carboxylic acid groups (broad SMARTS) is 1. The topological polar surface area (TPSA) is 94.9 Å². The second-order valence-electron chi connectivity index (χ2n) is 5.98. The van der Waals surface area contributed by atoms with Crippen molar-refractivity contribution in [3.63, 3.8) is 0 Å². The fourth-order valence-electron chi connectivity index (χ4n) is 2.97. The summed E-state index contributed by atoms with van der Waals surface area (Å²) < 4.78 is 0. The lowest BCUT2D eigenvalue weighted by atomic mass is 9.96. The van der Waals surface area contributed by atoms with Crippen LogP contribution in [0.4, 0.5) is 0 Å². The molecule has 0 spiro atoms. The standard InChI is InChI=1S/C18H20ClNO5/c1-11(21)15-16(12-6-8-13(19)9-7-12)20(18(25)17(15)24)10-4-2-3-5-14(22)23/h6-9,16,24H,2-5,10H2,1H3,(H,22,23)/t16-/m1/s1. The first-order valence-electron chi connectivity index (χ1n) is 8.05. The Hall–Kier alpha value is -2.34. The van der Waals surface area contributed by atoms with Crippen LogP contribution in [-0.4, -0.2) is 39.3 Å². The quantitative estimate of drug-likeness (QED) is 0.689. The first-order valence-corrected chi connectivity index (χ1v) is 8.43. The molecule has 0 aliphatic carbocycles. The third-order valence-electron chi connectivity index (χ3n) is 4.16. The Kier molecular flexibility index (Phi) is 6.20. The molecule has 0 radical (unpaired) electrons. The molecule has 1 aliphatic rings. The van der Waals surface area contributed by atoms with Crippen LogP contribution in [0.15, 0.2) is 35.6 Å². The molecule has 7 heteroatoms. The number of hydrogen-bond acceptors (Lipinski definition) is 4. The minimum atomic E-state index is -0.852. The molecule has 2 N–H and O–H groups in total. The Labute approximate surface area is 150 Å². The van der Waals surface area contributed by atoms with Gasteiger partial charge in [0.05, 0.1) is 11.6 Å². The average Bonchev–Trinajstić information content (AvgIpc) is 2.80. The molecule has 2 rings (SSSR count). The minimum absolute atomic E-state index is 0.0801. The number of benzene rings is 1. The molecule has 1 aromatic rings. The first-order chi connectivity index (χ1) is 11.8. The van der Waals surface area contributed by atoms with Crippen LogP contribution in [0, 0.1) is 0 Å². The maximum Gasteiger partial charge on any atom is 0.303 e. The number of rotatable bonds is 8. The number of Topliss-reactive ketones (excluding diaryl/α,β-unsaturated/α-hetero) is 1. The molecule has 1 aromatic carbocycles. The fourth-order valence-corrected chi connectivity index (χ4v) is 3.10. The minimum Gasteiger partial charge on any atom is -0.503 e. The summed E-state index contributed by atoms with van der Waals surface area (Å²) in [5.41, 5.74) is 0.774. The van der Waals surface area contributed by atoms with Gasteiger partial charge in [-0.2, -0.15) is 0 Å². The van der Waals surface area contributed by atoms with E-state index in [2.05, 4.69) is 0 Å². The van der Waals surface area contributed by atoms with Crippen molar-refractivity contribution >= 4 is 29.3 Å². The van der Waals surface area contributed by atoms with Gasteiger partial charge in [0.15, 0.2) is 11.5 Å². The molecular weight excluding hydrogens is 346 g/mol. The predicted molar refractivity (Wildman–Crippen MR) is 92.3 cm³/mol. The number of unbranched alkanes of at least 4 members (excludes halogenated alkanes) is 2. The Morgan fingerprint density at radius 1 is 1.16 bits per heavy atom. The van der Waals surface area contributed by atoms with Crippen LogP contribution in [-0.2, 0) is 14.4 Å². The van der Waals surface area contributed by atoms with Crippen molar-refractivity contribution in [3.8, 4) is 0 Å². The summed E-state index contributed by atoms with van der Waals surface area (Å²) in [7, 11) is 0. The lowest BCUT2D eigenvalue weighted by Gasteiger charge is -2.26. The Balaban J connectivity index is 2.19. The molecule has 25 heavy (non-hydrogen) atoms. The maximum absolute atomic E-state index is 12.4. The molecule has 0 bridgehead atoms. The Morgan fingerprint density at radius 3 is 2.36 bits per heavy atom.